The van der Waals surface area contributed by atoms with Crippen LogP contribution >= 0.6 is 27.5 Å². The van der Waals surface area contributed by atoms with Crippen LogP contribution in [0.5, 0.6) is 0 Å². The number of hydrogen-bond donors (Lipinski definition) is 1. The van der Waals surface area contributed by atoms with Crippen molar-refractivity contribution >= 4 is 27.5 Å². The Morgan fingerprint density at radius 3 is 2.76 bits per heavy atom. The van der Waals surface area contributed by atoms with E-state index in [1.807, 2.05) is 18.2 Å². The fourth-order valence-corrected chi connectivity index (χ4v) is 2.60. The minimum Gasteiger partial charge on any atom is -0.306 e. The molecule has 0 amide bonds. The fourth-order valence-electron chi connectivity index (χ4n) is 1.76. The molecule has 0 fully saturated rings. The van der Waals surface area contributed by atoms with Crippen molar-refractivity contribution in [2.45, 2.75) is 38.8 Å². The van der Waals surface area contributed by atoms with Gasteiger partial charge in [-0.1, -0.05) is 40.5 Å². The standard InChI is InChI=1S/C14H17BrClN/c1-4-6-12(5-2)17-10(3)13-8-7-11(15)9-14(13)16/h1,7-10,12,17H,5-6H2,2-3H3. The normalized spacial score (nSPS) is 14.1. The number of nitrogens with one attached hydrogen (secondary N) is 1. The van der Waals surface area contributed by atoms with Crippen LogP contribution in [0.15, 0.2) is 22.7 Å². The maximum absolute atomic E-state index is 6.22. The van der Waals surface area contributed by atoms with Gasteiger partial charge in [0.1, 0.15) is 0 Å². The van der Waals surface area contributed by atoms with Crippen LogP contribution in [0.2, 0.25) is 5.02 Å². The molecule has 1 N–H and O–H groups in total. The molecule has 0 aliphatic rings. The van der Waals surface area contributed by atoms with Crippen molar-refractivity contribution in [3.8, 4) is 12.3 Å². The van der Waals surface area contributed by atoms with E-state index in [1.165, 1.54) is 0 Å². The van der Waals surface area contributed by atoms with Gasteiger partial charge in [-0.3, -0.25) is 0 Å². The third-order valence-electron chi connectivity index (χ3n) is 2.77. The lowest BCUT2D eigenvalue weighted by Crippen LogP contribution is -2.30. The molecular formula is C14H17BrClN. The molecule has 0 saturated heterocycles. The Bertz CT molecular complexity index is 411. The van der Waals surface area contributed by atoms with Crippen LogP contribution < -0.4 is 5.32 Å². The van der Waals surface area contributed by atoms with E-state index in [4.69, 9.17) is 18.0 Å². The molecule has 17 heavy (non-hydrogen) atoms. The number of terminal acetylenes is 1. The Hall–Kier alpha value is -0.490. The van der Waals surface area contributed by atoms with Crippen molar-refractivity contribution < 1.29 is 0 Å². The van der Waals surface area contributed by atoms with E-state index in [1.54, 1.807) is 0 Å². The zero-order chi connectivity index (χ0) is 12.8. The Balaban J connectivity index is 2.75. The van der Waals surface area contributed by atoms with Gasteiger partial charge < -0.3 is 5.32 Å². The van der Waals surface area contributed by atoms with E-state index in [0.717, 1.165) is 27.9 Å². The van der Waals surface area contributed by atoms with Gasteiger partial charge in [0.15, 0.2) is 0 Å². The third kappa shape index (κ3) is 4.35. The molecule has 1 aromatic rings. The summed E-state index contributed by atoms with van der Waals surface area (Å²) in [6.45, 7) is 4.24. The van der Waals surface area contributed by atoms with E-state index < -0.39 is 0 Å². The van der Waals surface area contributed by atoms with Gasteiger partial charge in [-0.05, 0) is 31.0 Å². The Kier molecular flexibility index (Phi) is 6.05. The van der Waals surface area contributed by atoms with Crippen LogP contribution in [0.3, 0.4) is 0 Å². The number of benzene rings is 1. The molecule has 0 heterocycles. The summed E-state index contributed by atoms with van der Waals surface area (Å²) in [7, 11) is 0. The summed E-state index contributed by atoms with van der Waals surface area (Å²) in [6, 6.07) is 6.49. The van der Waals surface area contributed by atoms with E-state index in [0.29, 0.717) is 6.04 Å². The maximum Gasteiger partial charge on any atom is 0.0464 e. The molecule has 2 unspecified atom stereocenters. The predicted octanol–water partition coefficient (Wildman–Crippen LogP) is 4.56. The van der Waals surface area contributed by atoms with Crippen LogP contribution in [0, 0.1) is 12.3 Å². The second kappa shape index (κ2) is 7.06. The van der Waals surface area contributed by atoms with Crippen molar-refractivity contribution in [2.24, 2.45) is 0 Å². The van der Waals surface area contributed by atoms with Crippen molar-refractivity contribution in [1.29, 1.82) is 0 Å². The highest BCUT2D eigenvalue weighted by atomic mass is 79.9. The lowest BCUT2D eigenvalue weighted by molar-refractivity contribution is 0.449. The van der Waals surface area contributed by atoms with E-state index in [2.05, 4.69) is 41.0 Å². The van der Waals surface area contributed by atoms with E-state index in [9.17, 15) is 0 Å². The first-order valence-corrected chi connectivity index (χ1v) is 6.90. The van der Waals surface area contributed by atoms with Crippen LogP contribution in [-0.2, 0) is 0 Å². The Labute approximate surface area is 117 Å². The zero-order valence-corrected chi connectivity index (χ0v) is 12.5. The topological polar surface area (TPSA) is 12.0 Å². The smallest absolute Gasteiger partial charge is 0.0464 e. The Morgan fingerprint density at radius 1 is 1.53 bits per heavy atom. The summed E-state index contributed by atoms with van der Waals surface area (Å²) in [5.41, 5.74) is 1.10. The molecule has 92 valence electrons. The summed E-state index contributed by atoms with van der Waals surface area (Å²) in [4.78, 5) is 0. The van der Waals surface area contributed by atoms with Crippen molar-refractivity contribution in [2.75, 3.05) is 0 Å². The minimum atomic E-state index is 0.203. The number of rotatable bonds is 5. The largest absolute Gasteiger partial charge is 0.306 e. The molecule has 2 atom stereocenters. The van der Waals surface area contributed by atoms with Gasteiger partial charge in [0.2, 0.25) is 0 Å². The molecule has 3 heteroatoms. The molecule has 1 rings (SSSR count). The minimum absolute atomic E-state index is 0.203. The summed E-state index contributed by atoms with van der Waals surface area (Å²) in [5.74, 6) is 2.70. The molecule has 0 aromatic heterocycles. The van der Waals surface area contributed by atoms with Gasteiger partial charge in [0, 0.05) is 28.0 Å². The zero-order valence-electron chi connectivity index (χ0n) is 10.1. The molecule has 0 spiro atoms. The monoisotopic (exact) mass is 313 g/mol. The molecule has 0 saturated carbocycles. The van der Waals surface area contributed by atoms with Gasteiger partial charge >= 0.3 is 0 Å². The van der Waals surface area contributed by atoms with Gasteiger partial charge in [0.05, 0.1) is 0 Å². The molecule has 0 aliphatic heterocycles. The fraction of sp³-hybridized carbons (Fsp3) is 0.429. The van der Waals surface area contributed by atoms with Crippen molar-refractivity contribution in [1.82, 2.24) is 5.32 Å². The Morgan fingerprint density at radius 2 is 2.24 bits per heavy atom. The number of hydrogen-bond acceptors (Lipinski definition) is 1. The molecule has 0 bridgehead atoms. The molecule has 0 aliphatic carbocycles. The second-order valence-corrected chi connectivity index (χ2v) is 5.39. The lowest BCUT2D eigenvalue weighted by atomic mass is 10.1. The quantitative estimate of drug-likeness (QED) is 0.786. The highest BCUT2D eigenvalue weighted by molar-refractivity contribution is 9.10. The molecule has 1 aromatic carbocycles. The highest BCUT2D eigenvalue weighted by Crippen LogP contribution is 2.26. The van der Waals surface area contributed by atoms with E-state index >= 15 is 0 Å². The first-order valence-electron chi connectivity index (χ1n) is 5.73. The summed E-state index contributed by atoms with van der Waals surface area (Å²) in [5, 5.41) is 4.27. The van der Waals surface area contributed by atoms with Crippen LogP contribution in [0.1, 0.15) is 38.3 Å². The molecule has 1 nitrogen and oxygen atoms in total. The summed E-state index contributed by atoms with van der Waals surface area (Å²) >= 11 is 9.62. The molecule has 0 radical (unpaired) electrons. The van der Waals surface area contributed by atoms with Crippen molar-refractivity contribution in [3.05, 3.63) is 33.3 Å². The van der Waals surface area contributed by atoms with Gasteiger partial charge in [-0.25, -0.2) is 0 Å². The predicted molar refractivity (Wildman–Crippen MR) is 78.2 cm³/mol. The third-order valence-corrected chi connectivity index (χ3v) is 3.59. The van der Waals surface area contributed by atoms with E-state index in [-0.39, 0.29) is 6.04 Å². The SMILES string of the molecule is C#CCC(CC)NC(C)c1ccc(Br)cc1Cl. The van der Waals surface area contributed by atoms with Crippen LogP contribution in [0.25, 0.3) is 0 Å². The van der Waals surface area contributed by atoms with Gasteiger partial charge in [-0.15, -0.1) is 12.3 Å². The number of halogens is 2. The second-order valence-electron chi connectivity index (χ2n) is 4.07. The highest BCUT2D eigenvalue weighted by Gasteiger charge is 2.13. The van der Waals surface area contributed by atoms with Crippen molar-refractivity contribution in [3.63, 3.8) is 0 Å². The average Bonchev–Trinajstić information content (AvgIpc) is 2.28. The van der Waals surface area contributed by atoms with Crippen LogP contribution in [-0.4, -0.2) is 6.04 Å². The summed E-state index contributed by atoms with van der Waals surface area (Å²) in [6.07, 6.45) is 7.11. The maximum atomic E-state index is 6.22. The van der Waals surface area contributed by atoms with Gasteiger partial charge in [0.25, 0.3) is 0 Å². The lowest BCUT2D eigenvalue weighted by Gasteiger charge is -2.22. The first kappa shape index (κ1) is 14.6. The summed E-state index contributed by atoms with van der Waals surface area (Å²) < 4.78 is 0.995. The molecular weight excluding hydrogens is 298 g/mol. The van der Waals surface area contributed by atoms with Crippen LogP contribution in [0.4, 0.5) is 0 Å². The van der Waals surface area contributed by atoms with Gasteiger partial charge in [-0.2, -0.15) is 0 Å². The average molecular weight is 315 g/mol. The first-order chi connectivity index (χ1) is 8.08.